The zero-order chi connectivity index (χ0) is 21.6. The summed E-state index contributed by atoms with van der Waals surface area (Å²) in [6, 6.07) is 33.6. The lowest BCUT2D eigenvalue weighted by atomic mass is 10.1. The predicted octanol–water partition coefficient (Wildman–Crippen LogP) is 6.54. The number of pyridine rings is 2. The van der Waals surface area contributed by atoms with Crippen LogP contribution in [0.15, 0.2) is 114 Å². The van der Waals surface area contributed by atoms with E-state index in [0.29, 0.717) is 11.5 Å². The molecule has 0 unspecified atom stereocenters. The molecule has 3 aromatic carbocycles. The molecule has 0 saturated heterocycles. The van der Waals surface area contributed by atoms with E-state index in [4.69, 9.17) is 4.74 Å². The highest BCUT2D eigenvalue weighted by Gasteiger charge is 2.09. The fourth-order valence-corrected chi connectivity index (χ4v) is 3.34. The fraction of sp³-hybridized carbons (Fsp3) is 0. The van der Waals surface area contributed by atoms with Gasteiger partial charge in [-0.3, -0.25) is 5.43 Å². The second-order valence-corrected chi connectivity index (χ2v) is 7.15. The number of nitrogens with zero attached hydrogens (tertiary/aromatic N) is 3. The van der Waals surface area contributed by atoms with E-state index in [1.807, 2.05) is 84.9 Å². The fourth-order valence-electron chi connectivity index (χ4n) is 3.34. The van der Waals surface area contributed by atoms with Crippen LogP contribution in [0.5, 0.6) is 11.5 Å². The SMILES string of the molecule is C(=N\Nc1nc2ncccc2cc1-c1ccccc1)/c1ccc(Oc2ccccc2)cc1. The lowest BCUT2D eigenvalue weighted by molar-refractivity contribution is 0.482. The van der Waals surface area contributed by atoms with Gasteiger partial charge in [0.1, 0.15) is 11.5 Å². The second-order valence-electron chi connectivity index (χ2n) is 7.15. The summed E-state index contributed by atoms with van der Waals surface area (Å²) < 4.78 is 5.84. The minimum absolute atomic E-state index is 0.655. The number of anilines is 1. The maximum atomic E-state index is 5.84. The first-order chi connectivity index (χ1) is 15.8. The molecule has 0 aliphatic carbocycles. The number of ether oxygens (including phenoxy) is 1. The Bertz CT molecular complexity index is 1350. The highest BCUT2D eigenvalue weighted by molar-refractivity contribution is 5.88. The number of hydrogen-bond donors (Lipinski definition) is 1. The van der Waals surface area contributed by atoms with Gasteiger partial charge in [-0.15, -0.1) is 0 Å². The Balaban J connectivity index is 1.36. The molecule has 0 aliphatic heterocycles. The quantitative estimate of drug-likeness (QED) is 0.252. The maximum Gasteiger partial charge on any atom is 0.161 e. The van der Waals surface area contributed by atoms with E-state index in [2.05, 4.69) is 38.7 Å². The van der Waals surface area contributed by atoms with Crippen molar-refractivity contribution in [2.75, 3.05) is 5.43 Å². The molecule has 2 heterocycles. The van der Waals surface area contributed by atoms with E-state index in [1.54, 1.807) is 12.4 Å². The molecule has 0 radical (unpaired) electrons. The third kappa shape index (κ3) is 4.47. The van der Waals surface area contributed by atoms with Crippen LogP contribution in [0.3, 0.4) is 0 Å². The van der Waals surface area contributed by atoms with E-state index in [9.17, 15) is 0 Å². The first-order valence-corrected chi connectivity index (χ1v) is 10.3. The number of rotatable bonds is 6. The first-order valence-electron chi connectivity index (χ1n) is 10.3. The minimum Gasteiger partial charge on any atom is -0.457 e. The van der Waals surface area contributed by atoms with Crippen molar-refractivity contribution < 1.29 is 4.74 Å². The van der Waals surface area contributed by atoms with Gasteiger partial charge in [0.05, 0.1) is 6.21 Å². The molecule has 154 valence electrons. The molecule has 5 nitrogen and oxygen atoms in total. The number of benzene rings is 3. The molecular weight excluding hydrogens is 396 g/mol. The van der Waals surface area contributed by atoms with Crippen molar-refractivity contribution in [2.24, 2.45) is 5.10 Å². The molecule has 5 rings (SSSR count). The normalized spacial score (nSPS) is 11.0. The Morgan fingerprint density at radius 2 is 1.47 bits per heavy atom. The van der Waals surface area contributed by atoms with E-state index < -0.39 is 0 Å². The molecular formula is C27H20N4O. The number of hydrazone groups is 1. The topological polar surface area (TPSA) is 59.4 Å². The Hall–Kier alpha value is -4.51. The summed E-state index contributed by atoms with van der Waals surface area (Å²) in [4.78, 5) is 9.06. The van der Waals surface area contributed by atoms with Crippen LogP contribution in [-0.2, 0) is 0 Å². The molecule has 0 bridgehead atoms. The van der Waals surface area contributed by atoms with Crippen molar-refractivity contribution in [1.29, 1.82) is 0 Å². The van der Waals surface area contributed by atoms with Gasteiger partial charge >= 0.3 is 0 Å². The van der Waals surface area contributed by atoms with Crippen molar-refractivity contribution in [3.05, 3.63) is 115 Å². The molecule has 0 saturated carbocycles. The Morgan fingerprint density at radius 1 is 0.750 bits per heavy atom. The van der Waals surface area contributed by atoms with Crippen LogP contribution in [0, 0.1) is 0 Å². The number of hydrogen-bond acceptors (Lipinski definition) is 5. The summed E-state index contributed by atoms with van der Waals surface area (Å²) >= 11 is 0. The summed E-state index contributed by atoms with van der Waals surface area (Å²) in [7, 11) is 0. The van der Waals surface area contributed by atoms with Crippen molar-refractivity contribution in [3.63, 3.8) is 0 Å². The lowest BCUT2D eigenvalue weighted by Gasteiger charge is -2.10. The Labute approximate surface area is 186 Å². The van der Waals surface area contributed by atoms with Gasteiger partial charge < -0.3 is 4.74 Å². The summed E-state index contributed by atoms with van der Waals surface area (Å²) in [5.41, 5.74) is 6.74. The molecule has 5 heteroatoms. The van der Waals surface area contributed by atoms with Crippen LogP contribution in [0.1, 0.15) is 5.56 Å². The molecule has 0 amide bonds. The van der Waals surface area contributed by atoms with Gasteiger partial charge in [-0.1, -0.05) is 48.5 Å². The zero-order valence-corrected chi connectivity index (χ0v) is 17.2. The molecule has 0 aliphatic rings. The highest BCUT2D eigenvalue weighted by atomic mass is 16.5. The van der Waals surface area contributed by atoms with Gasteiger partial charge in [0.2, 0.25) is 0 Å². The van der Waals surface area contributed by atoms with Crippen LogP contribution in [-0.4, -0.2) is 16.2 Å². The van der Waals surface area contributed by atoms with Crippen molar-refractivity contribution in [1.82, 2.24) is 9.97 Å². The molecule has 2 aromatic heterocycles. The molecule has 0 spiro atoms. The van der Waals surface area contributed by atoms with Crippen molar-refractivity contribution >= 4 is 23.1 Å². The summed E-state index contributed by atoms with van der Waals surface area (Å²) in [6.45, 7) is 0. The summed E-state index contributed by atoms with van der Waals surface area (Å²) in [5.74, 6) is 2.23. The van der Waals surface area contributed by atoms with Gasteiger partial charge in [0, 0.05) is 17.1 Å². The number of aromatic nitrogens is 2. The summed E-state index contributed by atoms with van der Waals surface area (Å²) in [5, 5.41) is 5.39. The number of para-hydroxylation sites is 1. The summed E-state index contributed by atoms with van der Waals surface area (Å²) in [6.07, 6.45) is 3.50. The molecule has 5 aromatic rings. The van der Waals surface area contributed by atoms with Crippen LogP contribution < -0.4 is 10.2 Å². The maximum absolute atomic E-state index is 5.84. The van der Waals surface area contributed by atoms with E-state index in [-0.39, 0.29) is 0 Å². The van der Waals surface area contributed by atoms with Crippen LogP contribution in [0.4, 0.5) is 5.82 Å². The third-order valence-electron chi connectivity index (χ3n) is 4.92. The minimum atomic E-state index is 0.655. The smallest absolute Gasteiger partial charge is 0.161 e. The van der Waals surface area contributed by atoms with Crippen molar-refractivity contribution in [3.8, 4) is 22.6 Å². The standard InChI is InChI=1S/C27H20N4O/c1-3-8-21(9-4-1)25-18-22-10-7-17-28-26(22)30-27(25)31-29-19-20-13-15-24(16-14-20)32-23-11-5-2-6-12-23/h1-19H,(H,28,30,31)/b29-19+. The van der Waals surface area contributed by atoms with Gasteiger partial charge in [-0.2, -0.15) is 5.10 Å². The number of nitrogens with one attached hydrogen (secondary N) is 1. The Kier molecular flexibility index (Phi) is 5.53. The second kappa shape index (κ2) is 9.10. The van der Waals surface area contributed by atoms with E-state index in [0.717, 1.165) is 33.6 Å². The number of fused-ring (bicyclic) bond motifs is 1. The third-order valence-corrected chi connectivity index (χ3v) is 4.92. The molecule has 0 atom stereocenters. The average Bonchev–Trinajstić information content (AvgIpc) is 2.86. The van der Waals surface area contributed by atoms with Gasteiger partial charge in [0.15, 0.2) is 11.5 Å². The first kappa shape index (κ1) is 19.5. The predicted molar refractivity (Wildman–Crippen MR) is 129 cm³/mol. The average molecular weight is 416 g/mol. The van der Waals surface area contributed by atoms with E-state index >= 15 is 0 Å². The molecule has 0 fully saturated rings. The van der Waals surface area contributed by atoms with E-state index in [1.165, 1.54) is 0 Å². The van der Waals surface area contributed by atoms with Crippen LogP contribution >= 0.6 is 0 Å². The van der Waals surface area contributed by atoms with Crippen LogP contribution in [0.25, 0.3) is 22.2 Å². The lowest BCUT2D eigenvalue weighted by Crippen LogP contribution is -1.98. The van der Waals surface area contributed by atoms with Gasteiger partial charge in [0.25, 0.3) is 0 Å². The monoisotopic (exact) mass is 416 g/mol. The van der Waals surface area contributed by atoms with Gasteiger partial charge in [-0.25, -0.2) is 9.97 Å². The molecule has 1 N–H and O–H groups in total. The Morgan fingerprint density at radius 3 is 2.25 bits per heavy atom. The van der Waals surface area contributed by atoms with Crippen molar-refractivity contribution in [2.45, 2.75) is 0 Å². The van der Waals surface area contributed by atoms with Crippen LogP contribution in [0.2, 0.25) is 0 Å². The highest BCUT2D eigenvalue weighted by Crippen LogP contribution is 2.29. The zero-order valence-electron chi connectivity index (χ0n) is 17.2. The van der Waals surface area contributed by atoms with Gasteiger partial charge in [-0.05, 0) is 65.7 Å². The largest absolute Gasteiger partial charge is 0.457 e. The molecule has 32 heavy (non-hydrogen) atoms.